The van der Waals surface area contributed by atoms with Gasteiger partial charge in [-0.2, -0.15) is 4.98 Å². The number of amides is 1. The number of carbonyl (C=O) groups is 1. The molecule has 0 aliphatic carbocycles. The Kier molecular flexibility index (Phi) is 4.08. The number of nitrogens with one attached hydrogen (secondary N) is 2. The van der Waals surface area contributed by atoms with E-state index in [1.807, 2.05) is 50.5 Å². The van der Waals surface area contributed by atoms with Crippen LogP contribution in [0.15, 0.2) is 47.2 Å². The van der Waals surface area contributed by atoms with Crippen molar-refractivity contribution in [3.63, 3.8) is 0 Å². The molecule has 0 bridgehead atoms. The molecule has 0 aliphatic rings. The van der Waals surface area contributed by atoms with Gasteiger partial charge in [-0.25, -0.2) is 4.98 Å². The van der Waals surface area contributed by atoms with E-state index in [2.05, 4.69) is 25.8 Å². The standard InChI is InChI=1S/C19H18N6O2/c1-11-4-5-13(18-22-12(2)27-24-18)8-15(11)23-19(26)16-9-21-17-7-6-14(20-3)10-25(16)17/h4-10,20H,1-3H3,(H,23,26). The lowest BCUT2D eigenvalue weighted by Gasteiger charge is -2.10. The van der Waals surface area contributed by atoms with Crippen LogP contribution in [0, 0.1) is 13.8 Å². The van der Waals surface area contributed by atoms with Crippen LogP contribution in [0.2, 0.25) is 0 Å². The third-order valence-electron chi connectivity index (χ3n) is 4.30. The van der Waals surface area contributed by atoms with Gasteiger partial charge in [-0.05, 0) is 30.7 Å². The van der Waals surface area contributed by atoms with Gasteiger partial charge in [0, 0.05) is 31.4 Å². The van der Waals surface area contributed by atoms with Gasteiger partial charge < -0.3 is 15.2 Å². The van der Waals surface area contributed by atoms with Crippen LogP contribution in [0.25, 0.3) is 17.0 Å². The Bertz CT molecular complexity index is 1140. The Morgan fingerprint density at radius 2 is 2.04 bits per heavy atom. The van der Waals surface area contributed by atoms with Crippen molar-refractivity contribution in [1.82, 2.24) is 19.5 Å². The third kappa shape index (κ3) is 3.12. The Balaban J connectivity index is 1.67. The molecule has 0 radical (unpaired) electrons. The van der Waals surface area contributed by atoms with Crippen LogP contribution in [-0.2, 0) is 0 Å². The van der Waals surface area contributed by atoms with Gasteiger partial charge in [0.25, 0.3) is 5.91 Å². The fraction of sp³-hybridized carbons (Fsp3) is 0.158. The number of carbonyl (C=O) groups excluding carboxylic acids is 1. The number of imidazole rings is 1. The Morgan fingerprint density at radius 3 is 2.78 bits per heavy atom. The van der Waals surface area contributed by atoms with Crippen LogP contribution in [0.4, 0.5) is 11.4 Å². The minimum Gasteiger partial charge on any atom is -0.387 e. The molecule has 0 atom stereocenters. The van der Waals surface area contributed by atoms with E-state index >= 15 is 0 Å². The summed E-state index contributed by atoms with van der Waals surface area (Å²) in [5.74, 6) is 0.721. The van der Waals surface area contributed by atoms with Crippen molar-refractivity contribution in [2.45, 2.75) is 13.8 Å². The zero-order valence-electron chi connectivity index (χ0n) is 15.1. The summed E-state index contributed by atoms with van der Waals surface area (Å²) in [4.78, 5) is 21.4. The van der Waals surface area contributed by atoms with Gasteiger partial charge in [-0.1, -0.05) is 17.3 Å². The maximum Gasteiger partial charge on any atom is 0.274 e. The van der Waals surface area contributed by atoms with Crippen LogP contribution in [0.5, 0.6) is 0 Å². The summed E-state index contributed by atoms with van der Waals surface area (Å²) in [5, 5.41) is 9.94. The average Bonchev–Trinajstić information content (AvgIpc) is 3.29. The summed E-state index contributed by atoms with van der Waals surface area (Å²) in [6.45, 7) is 3.66. The van der Waals surface area contributed by atoms with Gasteiger partial charge in [-0.15, -0.1) is 0 Å². The van der Waals surface area contributed by atoms with E-state index in [1.165, 1.54) is 0 Å². The smallest absolute Gasteiger partial charge is 0.274 e. The number of aryl methyl sites for hydroxylation is 2. The lowest BCUT2D eigenvalue weighted by atomic mass is 10.1. The van der Waals surface area contributed by atoms with E-state index in [-0.39, 0.29) is 5.91 Å². The molecule has 0 spiro atoms. The molecule has 136 valence electrons. The summed E-state index contributed by atoms with van der Waals surface area (Å²) in [7, 11) is 1.83. The molecule has 4 rings (SSSR count). The molecule has 8 heteroatoms. The second-order valence-electron chi connectivity index (χ2n) is 6.16. The molecule has 27 heavy (non-hydrogen) atoms. The molecule has 0 fully saturated rings. The number of hydrogen-bond acceptors (Lipinski definition) is 6. The lowest BCUT2D eigenvalue weighted by molar-refractivity contribution is 0.102. The lowest BCUT2D eigenvalue weighted by Crippen LogP contribution is -2.15. The predicted molar refractivity (Wildman–Crippen MR) is 102 cm³/mol. The predicted octanol–water partition coefficient (Wildman–Crippen LogP) is 3.30. The van der Waals surface area contributed by atoms with E-state index in [9.17, 15) is 4.79 Å². The van der Waals surface area contributed by atoms with Crippen molar-refractivity contribution in [3.8, 4) is 11.4 Å². The molecule has 0 aliphatic heterocycles. The summed E-state index contributed by atoms with van der Waals surface area (Å²) >= 11 is 0. The van der Waals surface area contributed by atoms with Crippen molar-refractivity contribution in [1.29, 1.82) is 0 Å². The fourth-order valence-corrected chi connectivity index (χ4v) is 2.80. The number of pyridine rings is 1. The largest absolute Gasteiger partial charge is 0.387 e. The van der Waals surface area contributed by atoms with Gasteiger partial charge in [0.05, 0.1) is 11.9 Å². The Hall–Kier alpha value is -3.68. The second-order valence-corrected chi connectivity index (χ2v) is 6.16. The van der Waals surface area contributed by atoms with Crippen molar-refractivity contribution in [2.24, 2.45) is 0 Å². The first-order chi connectivity index (χ1) is 13.0. The van der Waals surface area contributed by atoms with Crippen LogP contribution in [-0.4, -0.2) is 32.5 Å². The maximum absolute atomic E-state index is 12.9. The molecule has 3 aromatic heterocycles. The van der Waals surface area contributed by atoms with E-state index in [0.29, 0.717) is 28.7 Å². The molecule has 0 saturated heterocycles. The van der Waals surface area contributed by atoms with E-state index in [1.54, 1.807) is 17.5 Å². The molecule has 1 amide bonds. The van der Waals surface area contributed by atoms with Crippen molar-refractivity contribution in [2.75, 3.05) is 17.7 Å². The summed E-state index contributed by atoms with van der Waals surface area (Å²) < 4.78 is 6.79. The van der Waals surface area contributed by atoms with E-state index in [0.717, 1.165) is 16.8 Å². The highest BCUT2D eigenvalue weighted by atomic mass is 16.5. The average molecular weight is 362 g/mol. The molecule has 0 unspecified atom stereocenters. The SMILES string of the molecule is CNc1ccc2ncc(C(=O)Nc3cc(-c4noc(C)n4)ccc3C)n2c1. The van der Waals surface area contributed by atoms with Crippen LogP contribution in [0.1, 0.15) is 21.9 Å². The molecular weight excluding hydrogens is 344 g/mol. The number of benzene rings is 1. The molecular formula is C19H18N6O2. The highest BCUT2D eigenvalue weighted by Crippen LogP contribution is 2.24. The molecule has 1 aromatic carbocycles. The number of rotatable bonds is 4. The Labute approximate surface area is 155 Å². The number of fused-ring (bicyclic) bond motifs is 1. The third-order valence-corrected chi connectivity index (χ3v) is 4.30. The number of aromatic nitrogens is 4. The first kappa shape index (κ1) is 16.8. The van der Waals surface area contributed by atoms with Crippen LogP contribution >= 0.6 is 0 Å². The van der Waals surface area contributed by atoms with Gasteiger partial charge in [0.2, 0.25) is 11.7 Å². The van der Waals surface area contributed by atoms with Gasteiger partial charge >= 0.3 is 0 Å². The quantitative estimate of drug-likeness (QED) is 0.578. The summed E-state index contributed by atoms with van der Waals surface area (Å²) in [5.41, 5.74) is 4.41. The van der Waals surface area contributed by atoms with Crippen molar-refractivity contribution < 1.29 is 9.32 Å². The van der Waals surface area contributed by atoms with E-state index < -0.39 is 0 Å². The second kappa shape index (κ2) is 6.56. The molecule has 4 aromatic rings. The first-order valence-electron chi connectivity index (χ1n) is 8.42. The van der Waals surface area contributed by atoms with E-state index in [4.69, 9.17) is 4.52 Å². The highest BCUT2D eigenvalue weighted by molar-refractivity contribution is 6.04. The molecule has 3 heterocycles. The van der Waals surface area contributed by atoms with Gasteiger partial charge in [-0.3, -0.25) is 9.20 Å². The molecule has 8 nitrogen and oxygen atoms in total. The zero-order valence-corrected chi connectivity index (χ0v) is 15.1. The van der Waals surface area contributed by atoms with Crippen LogP contribution in [0.3, 0.4) is 0 Å². The highest BCUT2D eigenvalue weighted by Gasteiger charge is 2.15. The van der Waals surface area contributed by atoms with Gasteiger partial charge in [0.1, 0.15) is 11.3 Å². The Morgan fingerprint density at radius 1 is 1.19 bits per heavy atom. The van der Waals surface area contributed by atoms with Crippen molar-refractivity contribution in [3.05, 3.63) is 59.9 Å². The van der Waals surface area contributed by atoms with Crippen LogP contribution < -0.4 is 10.6 Å². The minimum atomic E-state index is -0.250. The number of nitrogens with zero attached hydrogens (tertiary/aromatic N) is 4. The first-order valence-corrected chi connectivity index (χ1v) is 8.42. The molecule has 0 saturated carbocycles. The monoisotopic (exact) mass is 362 g/mol. The summed E-state index contributed by atoms with van der Waals surface area (Å²) in [6, 6.07) is 9.39. The summed E-state index contributed by atoms with van der Waals surface area (Å²) in [6.07, 6.45) is 3.40. The normalized spacial score (nSPS) is 10.9. The number of anilines is 2. The topological polar surface area (TPSA) is 97.3 Å². The van der Waals surface area contributed by atoms with Gasteiger partial charge in [0.15, 0.2) is 0 Å². The fourth-order valence-electron chi connectivity index (χ4n) is 2.80. The molecule has 2 N–H and O–H groups in total. The number of hydrogen-bond donors (Lipinski definition) is 2. The zero-order chi connectivity index (χ0) is 19.0. The van der Waals surface area contributed by atoms with Crippen molar-refractivity contribution >= 4 is 22.9 Å². The minimum absolute atomic E-state index is 0.250. The maximum atomic E-state index is 12.9.